The Morgan fingerprint density at radius 3 is 2.76 bits per heavy atom. The van der Waals surface area contributed by atoms with Gasteiger partial charge < -0.3 is 5.32 Å². The van der Waals surface area contributed by atoms with E-state index in [1.807, 2.05) is 38.2 Å². The smallest absolute Gasteiger partial charge is 0.243 e. The normalized spacial score (nSPS) is 12.6. The van der Waals surface area contributed by atoms with E-state index in [9.17, 15) is 4.39 Å². The summed E-state index contributed by atoms with van der Waals surface area (Å²) in [6.45, 7) is 5.73. The molecule has 108 valence electrons. The number of hydrogen-bond donors (Lipinski definition) is 1. The number of nitrogens with one attached hydrogen (secondary N) is 1. The Morgan fingerprint density at radius 1 is 1.19 bits per heavy atom. The lowest BCUT2D eigenvalue weighted by molar-refractivity contribution is 0.614. The number of hydrogen-bond acceptors (Lipinski definition) is 3. The molecule has 1 aromatic carbocycles. The average Bonchev–Trinajstić information content (AvgIpc) is 2.83. The first kappa shape index (κ1) is 13.5. The van der Waals surface area contributed by atoms with Crippen molar-refractivity contribution in [3.8, 4) is 0 Å². The number of rotatable bonds is 3. The van der Waals surface area contributed by atoms with Crippen LogP contribution in [0.15, 0.2) is 36.5 Å². The number of aryl methyl sites for hydroxylation is 2. The van der Waals surface area contributed by atoms with E-state index in [2.05, 4.69) is 15.4 Å². The van der Waals surface area contributed by atoms with Gasteiger partial charge in [0.05, 0.1) is 6.04 Å². The van der Waals surface area contributed by atoms with Crippen LogP contribution in [0.25, 0.3) is 5.65 Å². The topological polar surface area (TPSA) is 42.2 Å². The Morgan fingerprint density at radius 2 is 2.00 bits per heavy atom. The monoisotopic (exact) mass is 284 g/mol. The molecule has 0 saturated heterocycles. The van der Waals surface area contributed by atoms with Crippen molar-refractivity contribution in [2.24, 2.45) is 0 Å². The Bertz CT molecular complexity index is 794. The van der Waals surface area contributed by atoms with Crippen LogP contribution in [0.4, 0.5) is 10.3 Å². The summed E-state index contributed by atoms with van der Waals surface area (Å²) < 4.78 is 15.3. The molecule has 1 unspecified atom stereocenters. The first-order valence-corrected chi connectivity index (χ1v) is 6.88. The van der Waals surface area contributed by atoms with E-state index in [0.29, 0.717) is 11.5 Å². The van der Waals surface area contributed by atoms with Crippen LogP contribution in [-0.2, 0) is 0 Å². The van der Waals surface area contributed by atoms with Crippen molar-refractivity contribution in [2.75, 3.05) is 5.32 Å². The van der Waals surface area contributed by atoms with Gasteiger partial charge in [-0.3, -0.25) is 0 Å². The minimum atomic E-state index is -0.195. The fourth-order valence-electron chi connectivity index (χ4n) is 2.20. The van der Waals surface area contributed by atoms with Crippen molar-refractivity contribution in [2.45, 2.75) is 26.8 Å². The van der Waals surface area contributed by atoms with E-state index in [4.69, 9.17) is 0 Å². The molecular formula is C16H17FN4. The second-order valence-corrected chi connectivity index (χ2v) is 5.32. The van der Waals surface area contributed by atoms with Crippen LogP contribution in [-0.4, -0.2) is 14.6 Å². The number of aromatic nitrogens is 3. The molecule has 0 fully saturated rings. The molecular weight excluding hydrogens is 267 g/mol. The summed E-state index contributed by atoms with van der Waals surface area (Å²) >= 11 is 0. The van der Waals surface area contributed by atoms with Gasteiger partial charge in [0.25, 0.3) is 0 Å². The van der Waals surface area contributed by atoms with Gasteiger partial charge in [-0.15, -0.1) is 5.10 Å². The van der Waals surface area contributed by atoms with E-state index in [0.717, 1.165) is 16.8 Å². The molecule has 0 amide bonds. The molecule has 5 heteroatoms. The van der Waals surface area contributed by atoms with Gasteiger partial charge in [0.15, 0.2) is 5.65 Å². The van der Waals surface area contributed by atoms with Gasteiger partial charge in [0, 0.05) is 6.20 Å². The molecule has 0 aliphatic rings. The predicted octanol–water partition coefficient (Wildman–Crippen LogP) is 3.66. The van der Waals surface area contributed by atoms with Crippen LogP contribution < -0.4 is 5.32 Å². The third kappa shape index (κ3) is 2.72. The maximum Gasteiger partial charge on any atom is 0.243 e. The summed E-state index contributed by atoms with van der Waals surface area (Å²) in [5.74, 6) is 0.341. The number of nitrogens with zero attached hydrogens (tertiary/aromatic N) is 3. The van der Waals surface area contributed by atoms with Gasteiger partial charge in [0.2, 0.25) is 5.95 Å². The molecule has 2 heterocycles. The van der Waals surface area contributed by atoms with Crippen molar-refractivity contribution in [3.63, 3.8) is 0 Å². The Labute approximate surface area is 122 Å². The molecule has 0 radical (unpaired) electrons. The van der Waals surface area contributed by atoms with Crippen LogP contribution in [0.5, 0.6) is 0 Å². The number of anilines is 1. The molecule has 4 nitrogen and oxygen atoms in total. The second-order valence-electron chi connectivity index (χ2n) is 5.32. The summed E-state index contributed by atoms with van der Waals surface area (Å²) in [4.78, 5) is 4.43. The number of pyridine rings is 1. The van der Waals surface area contributed by atoms with E-state index in [1.54, 1.807) is 23.6 Å². The second kappa shape index (κ2) is 5.16. The Kier molecular flexibility index (Phi) is 3.33. The van der Waals surface area contributed by atoms with Gasteiger partial charge in [0.1, 0.15) is 5.82 Å². The maximum absolute atomic E-state index is 13.6. The lowest BCUT2D eigenvalue weighted by Crippen LogP contribution is -2.08. The van der Waals surface area contributed by atoms with Gasteiger partial charge in [-0.2, -0.15) is 4.98 Å². The molecule has 3 rings (SSSR count). The van der Waals surface area contributed by atoms with Crippen LogP contribution in [0.1, 0.15) is 29.7 Å². The summed E-state index contributed by atoms with van der Waals surface area (Å²) in [6, 6.07) is 9.11. The van der Waals surface area contributed by atoms with E-state index >= 15 is 0 Å². The standard InChI is InChI=1S/C16H17FN4/c1-10-6-7-21-15(8-10)19-16(20-21)18-12(3)13-5-4-11(2)14(17)9-13/h4-9,12H,1-3H3,(H,18,20). The van der Waals surface area contributed by atoms with E-state index in [1.165, 1.54) is 0 Å². The number of fused-ring (bicyclic) bond motifs is 1. The number of benzene rings is 1. The lowest BCUT2D eigenvalue weighted by Gasteiger charge is -2.13. The summed E-state index contributed by atoms with van der Waals surface area (Å²) in [5.41, 5.74) is 3.44. The number of halogens is 1. The fourth-order valence-corrected chi connectivity index (χ4v) is 2.20. The predicted molar refractivity (Wildman–Crippen MR) is 80.9 cm³/mol. The lowest BCUT2D eigenvalue weighted by atomic mass is 10.1. The zero-order valence-electron chi connectivity index (χ0n) is 12.3. The largest absolute Gasteiger partial charge is 0.346 e. The van der Waals surface area contributed by atoms with Crippen molar-refractivity contribution in [3.05, 3.63) is 59.0 Å². The molecule has 0 aliphatic carbocycles. The molecule has 1 atom stereocenters. The molecule has 0 aliphatic heterocycles. The molecule has 3 aromatic rings. The first-order valence-electron chi connectivity index (χ1n) is 6.88. The van der Waals surface area contributed by atoms with Crippen LogP contribution in [0.2, 0.25) is 0 Å². The van der Waals surface area contributed by atoms with Crippen molar-refractivity contribution < 1.29 is 4.39 Å². The highest BCUT2D eigenvalue weighted by atomic mass is 19.1. The quantitative estimate of drug-likeness (QED) is 0.798. The fraction of sp³-hybridized carbons (Fsp3) is 0.250. The average molecular weight is 284 g/mol. The summed E-state index contributed by atoms with van der Waals surface area (Å²) in [5, 5.41) is 7.56. The van der Waals surface area contributed by atoms with Crippen LogP contribution in [0, 0.1) is 19.7 Å². The maximum atomic E-state index is 13.6. The third-order valence-electron chi connectivity index (χ3n) is 3.53. The van der Waals surface area contributed by atoms with E-state index in [-0.39, 0.29) is 11.9 Å². The molecule has 0 saturated carbocycles. The minimum Gasteiger partial charge on any atom is -0.346 e. The highest BCUT2D eigenvalue weighted by molar-refractivity contribution is 5.46. The summed E-state index contributed by atoms with van der Waals surface area (Å²) in [6.07, 6.45) is 1.87. The summed E-state index contributed by atoms with van der Waals surface area (Å²) in [7, 11) is 0. The Hall–Kier alpha value is -2.43. The first-order chi connectivity index (χ1) is 10.0. The van der Waals surface area contributed by atoms with Crippen molar-refractivity contribution in [1.82, 2.24) is 14.6 Å². The molecule has 0 bridgehead atoms. The zero-order chi connectivity index (χ0) is 15.0. The third-order valence-corrected chi connectivity index (χ3v) is 3.53. The molecule has 2 aromatic heterocycles. The van der Waals surface area contributed by atoms with Gasteiger partial charge in [-0.1, -0.05) is 12.1 Å². The molecule has 21 heavy (non-hydrogen) atoms. The van der Waals surface area contributed by atoms with Crippen LogP contribution in [0.3, 0.4) is 0 Å². The zero-order valence-corrected chi connectivity index (χ0v) is 12.3. The van der Waals surface area contributed by atoms with Crippen LogP contribution >= 0.6 is 0 Å². The van der Waals surface area contributed by atoms with E-state index < -0.39 is 0 Å². The highest BCUT2D eigenvalue weighted by Crippen LogP contribution is 2.20. The van der Waals surface area contributed by atoms with Gasteiger partial charge in [-0.05, 0) is 55.7 Å². The molecule has 0 spiro atoms. The van der Waals surface area contributed by atoms with Crippen molar-refractivity contribution in [1.29, 1.82) is 0 Å². The Balaban J connectivity index is 1.85. The molecule has 1 N–H and O–H groups in total. The van der Waals surface area contributed by atoms with Gasteiger partial charge >= 0.3 is 0 Å². The SMILES string of the molecule is Cc1ccn2nc(NC(C)c3ccc(C)c(F)c3)nc2c1. The highest BCUT2D eigenvalue weighted by Gasteiger charge is 2.11. The minimum absolute atomic E-state index is 0.0707. The van der Waals surface area contributed by atoms with Crippen molar-refractivity contribution >= 4 is 11.6 Å². The van der Waals surface area contributed by atoms with Gasteiger partial charge in [-0.25, -0.2) is 8.91 Å².